The molecule has 7 rings (SSSR count). The maximum absolute atomic E-state index is 14.4. The Labute approximate surface area is 271 Å². The van der Waals surface area contributed by atoms with Gasteiger partial charge in [0.05, 0.1) is 12.2 Å². The van der Waals surface area contributed by atoms with E-state index < -0.39 is 18.1 Å². The maximum atomic E-state index is 14.4. The molecule has 10 heteroatoms. The van der Waals surface area contributed by atoms with Crippen LogP contribution in [0.2, 0.25) is 0 Å². The highest BCUT2D eigenvalue weighted by Gasteiger charge is 2.27. The predicted molar refractivity (Wildman–Crippen MR) is 181 cm³/mol. The topological polar surface area (TPSA) is 141 Å². The normalized spacial score (nSPS) is 16.9. The molecule has 238 valence electrons. The van der Waals surface area contributed by atoms with E-state index in [1.54, 1.807) is 60.6 Å². The first-order chi connectivity index (χ1) is 22.6. The number of aromatic nitrogens is 1. The minimum absolute atomic E-state index is 0.112. The van der Waals surface area contributed by atoms with Gasteiger partial charge in [-0.1, -0.05) is 49.4 Å². The Morgan fingerprint density at radius 2 is 1.81 bits per heavy atom. The summed E-state index contributed by atoms with van der Waals surface area (Å²) in [6, 6.07) is 24.1. The number of carbonyl (C=O) groups excluding carboxylic acids is 2. The molecule has 2 amide bonds. The summed E-state index contributed by atoms with van der Waals surface area (Å²) in [5.74, 6) is -1.40. The van der Waals surface area contributed by atoms with E-state index in [1.165, 1.54) is 6.07 Å². The second-order valence-corrected chi connectivity index (χ2v) is 11.9. The number of ether oxygens (including phenoxy) is 1. The smallest absolute Gasteiger partial charge is 0.411 e. The lowest BCUT2D eigenvalue weighted by molar-refractivity contribution is -0.131. The summed E-state index contributed by atoms with van der Waals surface area (Å²) in [7, 11) is 1.69. The summed E-state index contributed by atoms with van der Waals surface area (Å²) in [5.41, 5.74) is 5.68. The van der Waals surface area contributed by atoms with Crippen LogP contribution in [0.1, 0.15) is 51.5 Å². The number of aromatic amines is 1. The minimum atomic E-state index is -1.05. The highest BCUT2D eigenvalue weighted by atomic mass is 16.5. The fourth-order valence-corrected chi connectivity index (χ4v) is 6.06. The van der Waals surface area contributed by atoms with Crippen molar-refractivity contribution in [3.05, 3.63) is 129 Å². The summed E-state index contributed by atoms with van der Waals surface area (Å²) < 4.78 is 5.58. The van der Waals surface area contributed by atoms with Crippen LogP contribution in [0.3, 0.4) is 0 Å². The standard InChI is InChI=1S/C37H34N4O6/c1-21-15-25-8-11-30(21)22(2)20-47-37(46)40-28-10-12-31(24-5-4-6-26(16-24)36(44)45)27(17-28)19-41(3)35(43)33(25)39-29-9-7-23-13-14-38-34(42)32(23)18-29/h4-18,22,33,39H,19-20H2,1-3H3,(H,38,42)(H,40,46)(H,44,45)/t22-,33+/m0/s1. The molecular weight excluding hydrogens is 596 g/mol. The van der Waals surface area contributed by atoms with Crippen LogP contribution in [0.5, 0.6) is 0 Å². The van der Waals surface area contributed by atoms with Crippen molar-refractivity contribution in [3.63, 3.8) is 0 Å². The average molecular weight is 631 g/mol. The van der Waals surface area contributed by atoms with Gasteiger partial charge in [0.25, 0.3) is 5.56 Å². The summed E-state index contributed by atoms with van der Waals surface area (Å²) >= 11 is 0. The third-order valence-electron chi connectivity index (χ3n) is 8.51. The van der Waals surface area contributed by atoms with E-state index >= 15 is 0 Å². The van der Waals surface area contributed by atoms with Gasteiger partial charge in [0.15, 0.2) is 0 Å². The number of benzene rings is 4. The molecule has 4 bridgehead atoms. The maximum Gasteiger partial charge on any atom is 0.411 e. The number of H-pyrrole nitrogens is 1. The molecule has 47 heavy (non-hydrogen) atoms. The number of fused-ring (bicyclic) bond motifs is 10. The van der Waals surface area contributed by atoms with Crippen molar-refractivity contribution >= 4 is 40.1 Å². The summed E-state index contributed by atoms with van der Waals surface area (Å²) in [4.78, 5) is 55.8. The molecule has 4 N–H and O–H groups in total. The Balaban J connectivity index is 1.44. The van der Waals surface area contributed by atoms with E-state index in [2.05, 4.69) is 15.6 Å². The van der Waals surface area contributed by atoms with E-state index in [0.29, 0.717) is 33.5 Å². The third-order valence-corrected chi connectivity index (χ3v) is 8.51. The number of pyridine rings is 1. The Hall–Kier alpha value is -5.90. The van der Waals surface area contributed by atoms with Crippen molar-refractivity contribution in [2.75, 3.05) is 24.3 Å². The number of aromatic carboxylic acids is 1. The van der Waals surface area contributed by atoms with Gasteiger partial charge in [-0.2, -0.15) is 0 Å². The predicted octanol–water partition coefficient (Wildman–Crippen LogP) is 6.68. The molecular formula is C37H34N4O6. The van der Waals surface area contributed by atoms with E-state index in [1.807, 2.05) is 50.2 Å². The molecule has 0 spiro atoms. The van der Waals surface area contributed by atoms with Crippen LogP contribution in [0, 0.1) is 6.92 Å². The number of carboxylic acids is 1. The molecule has 2 aliphatic rings. The molecule has 5 aromatic rings. The summed E-state index contributed by atoms with van der Waals surface area (Å²) in [5, 5.41) is 17.1. The molecule has 0 aliphatic carbocycles. The van der Waals surface area contributed by atoms with Crippen molar-refractivity contribution in [1.82, 2.24) is 9.88 Å². The Kier molecular flexibility index (Phi) is 8.50. The number of hydrogen-bond donors (Lipinski definition) is 4. The van der Waals surface area contributed by atoms with Gasteiger partial charge in [-0.3, -0.25) is 14.9 Å². The van der Waals surface area contributed by atoms with Gasteiger partial charge in [-0.15, -0.1) is 0 Å². The fourth-order valence-electron chi connectivity index (χ4n) is 6.06. The first kappa shape index (κ1) is 31.1. The number of amides is 2. The number of likely N-dealkylation sites (N-methyl/N-ethyl adjacent to an activating group) is 1. The van der Waals surface area contributed by atoms with Gasteiger partial charge < -0.3 is 25.0 Å². The van der Waals surface area contributed by atoms with Crippen LogP contribution >= 0.6 is 0 Å². The molecule has 0 radical (unpaired) electrons. The largest absolute Gasteiger partial charge is 0.478 e. The fraction of sp³-hybridized carbons (Fsp3) is 0.189. The lowest BCUT2D eigenvalue weighted by Crippen LogP contribution is -2.35. The summed E-state index contributed by atoms with van der Waals surface area (Å²) in [6.45, 7) is 4.22. The molecule has 3 heterocycles. The molecule has 10 nitrogen and oxygen atoms in total. The zero-order valence-electron chi connectivity index (χ0n) is 26.2. The van der Waals surface area contributed by atoms with Crippen molar-refractivity contribution in [2.24, 2.45) is 0 Å². The number of carboxylic acid groups (broad SMARTS) is 1. The SMILES string of the molecule is Cc1cc2ccc1[C@@H](C)COC(=O)Nc1ccc(-c3cccc(C(=O)O)c3)c(c1)CN(C)C(=O)[C@@H]2Nc1ccc2cc[nH]c(=O)c2c1. The van der Waals surface area contributed by atoms with Gasteiger partial charge in [-0.05, 0) is 88.2 Å². The van der Waals surface area contributed by atoms with Crippen LogP contribution in [-0.4, -0.2) is 46.6 Å². The van der Waals surface area contributed by atoms with E-state index in [-0.39, 0.29) is 36.1 Å². The van der Waals surface area contributed by atoms with Gasteiger partial charge in [0.1, 0.15) is 6.04 Å². The Bertz CT molecular complexity index is 2090. The summed E-state index contributed by atoms with van der Waals surface area (Å²) in [6.07, 6.45) is 0.994. The molecule has 0 saturated carbocycles. The number of nitrogens with one attached hydrogen (secondary N) is 3. The minimum Gasteiger partial charge on any atom is -0.478 e. The molecule has 0 saturated heterocycles. The monoisotopic (exact) mass is 630 g/mol. The number of nitrogens with zero attached hydrogens (tertiary/aromatic N) is 1. The van der Waals surface area contributed by atoms with Gasteiger partial charge in [0.2, 0.25) is 5.91 Å². The zero-order chi connectivity index (χ0) is 33.2. The lowest BCUT2D eigenvalue weighted by atomic mass is 9.92. The van der Waals surface area contributed by atoms with Gasteiger partial charge in [0, 0.05) is 42.5 Å². The number of hydrogen-bond acceptors (Lipinski definition) is 6. The Morgan fingerprint density at radius 1 is 0.979 bits per heavy atom. The van der Waals surface area contributed by atoms with Crippen molar-refractivity contribution in [3.8, 4) is 11.1 Å². The first-order valence-electron chi connectivity index (χ1n) is 15.2. The van der Waals surface area contributed by atoms with Crippen molar-refractivity contribution in [1.29, 1.82) is 0 Å². The van der Waals surface area contributed by atoms with Gasteiger partial charge >= 0.3 is 12.1 Å². The molecule has 1 aromatic heterocycles. The lowest BCUT2D eigenvalue weighted by Gasteiger charge is -2.28. The van der Waals surface area contributed by atoms with Crippen LogP contribution < -0.4 is 16.2 Å². The van der Waals surface area contributed by atoms with Crippen LogP contribution in [-0.2, 0) is 16.1 Å². The molecule has 0 fully saturated rings. The zero-order valence-corrected chi connectivity index (χ0v) is 26.2. The molecule has 4 aromatic carbocycles. The van der Waals surface area contributed by atoms with Crippen LogP contribution in [0.4, 0.5) is 16.2 Å². The van der Waals surface area contributed by atoms with E-state index in [4.69, 9.17) is 4.74 Å². The molecule has 2 atom stereocenters. The van der Waals surface area contributed by atoms with E-state index in [9.17, 15) is 24.3 Å². The number of aryl methyl sites for hydroxylation is 1. The number of anilines is 2. The molecule has 0 unspecified atom stereocenters. The average Bonchev–Trinajstić information content (AvgIpc) is 3.06. The number of rotatable bonds is 4. The first-order valence-corrected chi connectivity index (χ1v) is 15.2. The van der Waals surface area contributed by atoms with Crippen LogP contribution in [0.15, 0.2) is 95.9 Å². The van der Waals surface area contributed by atoms with E-state index in [0.717, 1.165) is 22.1 Å². The van der Waals surface area contributed by atoms with Gasteiger partial charge in [-0.25, -0.2) is 9.59 Å². The highest BCUT2D eigenvalue weighted by Crippen LogP contribution is 2.32. The Morgan fingerprint density at radius 3 is 2.60 bits per heavy atom. The number of carbonyl (C=O) groups is 3. The third kappa shape index (κ3) is 6.57. The quantitative estimate of drug-likeness (QED) is 0.174. The van der Waals surface area contributed by atoms with Crippen molar-refractivity contribution in [2.45, 2.75) is 32.4 Å². The second-order valence-electron chi connectivity index (χ2n) is 11.9. The highest BCUT2D eigenvalue weighted by molar-refractivity contribution is 5.91. The molecule has 2 aliphatic heterocycles. The van der Waals surface area contributed by atoms with Crippen molar-refractivity contribution < 1.29 is 24.2 Å². The second kappa shape index (κ2) is 12.8. The van der Waals surface area contributed by atoms with Crippen LogP contribution in [0.25, 0.3) is 21.9 Å².